The van der Waals surface area contributed by atoms with Crippen LogP contribution in [0.15, 0.2) is 0 Å². The Morgan fingerprint density at radius 1 is 1.57 bits per heavy atom. The molecule has 1 saturated carbocycles. The van der Waals surface area contributed by atoms with E-state index in [4.69, 9.17) is 4.74 Å². The molecule has 1 aliphatic heterocycles. The largest absolute Gasteiger partial charge is 0.465 e. The van der Waals surface area contributed by atoms with Gasteiger partial charge in [-0.15, -0.1) is 0 Å². The number of hydrogen-bond acceptors (Lipinski definition) is 3. The number of fused-ring (bicyclic) bond motifs is 1. The Morgan fingerprint density at radius 3 is 2.86 bits per heavy atom. The number of nitrogens with one attached hydrogen (secondary N) is 1. The van der Waals surface area contributed by atoms with Crippen LogP contribution in [-0.2, 0) is 9.53 Å². The lowest BCUT2D eigenvalue weighted by Gasteiger charge is -2.19. The highest BCUT2D eigenvalue weighted by atomic mass is 19.3. The van der Waals surface area contributed by atoms with Gasteiger partial charge in [-0.05, 0) is 19.8 Å². The topological polar surface area (TPSA) is 38.3 Å². The first kappa shape index (κ1) is 9.83. The molecular weight excluding hydrogens is 192 g/mol. The molecule has 1 aliphatic carbocycles. The van der Waals surface area contributed by atoms with Gasteiger partial charge >= 0.3 is 5.97 Å². The van der Waals surface area contributed by atoms with Crippen LogP contribution in [0, 0.1) is 5.92 Å². The molecule has 0 spiro atoms. The predicted molar refractivity (Wildman–Crippen MR) is 45.0 cm³/mol. The summed E-state index contributed by atoms with van der Waals surface area (Å²) >= 11 is 0. The Labute approximate surface area is 80.8 Å². The van der Waals surface area contributed by atoms with E-state index in [9.17, 15) is 13.6 Å². The van der Waals surface area contributed by atoms with Gasteiger partial charge in [-0.25, -0.2) is 8.78 Å². The van der Waals surface area contributed by atoms with Gasteiger partial charge in [-0.2, -0.15) is 0 Å². The minimum absolute atomic E-state index is 0.293. The molecule has 2 fully saturated rings. The fourth-order valence-corrected chi connectivity index (χ4v) is 2.05. The van der Waals surface area contributed by atoms with Crippen molar-refractivity contribution in [3.05, 3.63) is 0 Å². The van der Waals surface area contributed by atoms with Crippen LogP contribution in [0.3, 0.4) is 0 Å². The van der Waals surface area contributed by atoms with E-state index in [1.807, 2.05) is 0 Å². The summed E-state index contributed by atoms with van der Waals surface area (Å²) in [5, 5.41) is 2.64. The van der Waals surface area contributed by atoms with Gasteiger partial charge in [0, 0.05) is 5.92 Å². The molecule has 0 unspecified atom stereocenters. The number of esters is 1. The van der Waals surface area contributed by atoms with Crippen molar-refractivity contribution in [2.45, 2.75) is 37.8 Å². The molecule has 3 nitrogen and oxygen atoms in total. The highest BCUT2D eigenvalue weighted by Gasteiger charge is 2.70. The number of ether oxygens (including phenoxy) is 1. The summed E-state index contributed by atoms with van der Waals surface area (Å²) in [5.74, 6) is -3.58. The maximum absolute atomic E-state index is 12.9. The van der Waals surface area contributed by atoms with Crippen LogP contribution in [0.1, 0.15) is 19.8 Å². The number of piperidine rings is 1. The maximum Gasteiger partial charge on any atom is 0.323 e. The van der Waals surface area contributed by atoms with Crippen LogP contribution in [0.5, 0.6) is 0 Å². The SMILES string of the molecule is CCOC(=O)[C@@H]1CC[C@H]2[C@@H](N1)C2(F)F. The molecule has 0 amide bonds. The molecular formula is C9H13F2NO2. The third kappa shape index (κ3) is 1.39. The molecule has 3 atom stereocenters. The molecule has 0 radical (unpaired) electrons. The third-order valence-electron chi connectivity index (χ3n) is 2.92. The molecule has 5 heteroatoms. The highest BCUT2D eigenvalue weighted by molar-refractivity contribution is 5.76. The van der Waals surface area contributed by atoms with E-state index in [0.29, 0.717) is 19.4 Å². The molecule has 14 heavy (non-hydrogen) atoms. The van der Waals surface area contributed by atoms with Crippen LogP contribution < -0.4 is 5.32 Å². The monoisotopic (exact) mass is 205 g/mol. The van der Waals surface area contributed by atoms with Crippen LogP contribution in [-0.4, -0.2) is 30.6 Å². The van der Waals surface area contributed by atoms with Gasteiger partial charge in [0.05, 0.1) is 12.6 Å². The number of alkyl halides is 2. The highest BCUT2D eigenvalue weighted by Crippen LogP contribution is 2.53. The molecule has 0 aromatic rings. The lowest BCUT2D eigenvalue weighted by molar-refractivity contribution is -0.146. The fourth-order valence-electron chi connectivity index (χ4n) is 2.05. The normalized spacial score (nSPS) is 38.6. The Hall–Kier alpha value is -0.710. The Morgan fingerprint density at radius 2 is 2.29 bits per heavy atom. The van der Waals surface area contributed by atoms with Crippen molar-refractivity contribution < 1.29 is 18.3 Å². The molecule has 2 rings (SSSR count). The van der Waals surface area contributed by atoms with Gasteiger partial charge in [0.2, 0.25) is 0 Å². The van der Waals surface area contributed by atoms with E-state index in [0.717, 1.165) is 0 Å². The molecule has 1 saturated heterocycles. The van der Waals surface area contributed by atoms with Crippen molar-refractivity contribution in [3.8, 4) is 0 Å². The van der Waals surface area contributed by atoms with Crippen molar-refractivity contribution in [2.75, 3.05) is 6.61 Å². The minimum Gasteiger partial charge on any atom is -0.465 e. The average Bonchev–Trinajstić information content (AvgIpc) is 2.70. The number of carbonyl (C=O) groups is 1. The van der Waals surface area contributed by atoms with Gasteiger partial charge in [-0.1, -0.05) is 0 Å². The molecule has 1 N–H and O–H groups in total. The van der Waals surface area contributed by atoms with Crippen LogP contribution in [0.25, 0.3) is 0 Å². The Balaban J connectivity index is 1.91. The number of rotatable bonds is 2. The summed E-state index contributed by atoms with van der Waals surface area (Å²) in [7, 11) is 0. The fraction of sp³-hybridized carbons (Fsp3) is 0.889. The molecule has 0 aromatic carbocycles. The smallest absolute Gasteiger partial charge is 0.323 e. The van der Waals surface area contributed by atoms with Crippen molar-refractivity contribution >= 4 is 5.97 Å². The summed E-state index contributed by atoms with van der Waals surface area (Å²) in [5.41, 5.74) is 0. The zero-order valence-corrected chi connectivity index (χ0v) is 7.93. The maximum atomic E-state index is 12.9. The molecule has 0 aromatic heterocycles. The van der Waals surface area contributed by atoms with E-state index in [1.54, 1.807) is 6.92 Å². The van der Waals surface area contributed by atoms with E-state index in [-0.39, 0.29) is 0 Å². The Bertz CT molecular complexity index is 257. The van der Waals surface area contributed by atoms with Crippen molar-refractivity contribution in [1.82, 2.24) is 5.32 Å². The van der Waals surface area contributed by atoms with Gasteiger partial charge in [0.1, 0.15) is 6.04 Å². The summed E-state index contributed by atoms with van der Waals surface area (Å²) in [4.78, 5) is 11.2. The number of hydrogen-bond donors (Lipinski definition) is 1. The Kier molecular flexibility index (Phi) is 2.21. The zero-order chi connectivity index (χ0) is 10.3. The van der Waals surface area contributed by atoms with Crippen LogP contribution in [0.4, 0.5) is 8.78 Å². The second-order valence-corrected chi connectivity index (χ2v) is 3.81. The van der Waals surface area contributed by atoms with Gasteiger partial charge in [0.15, 0.2) is 0 Å². The molecule has 2 aliphatic rings. The average molecular weight is 205 g/mol. The summed E-state index contributed by atoms with van der Waals surface area (Å²) < 4.78 is 30.6. The van der Waals surface area contributed by atoms with Crippen molar-refractivity contribution in [2.24, 2.45) is 5.92 Å². The molecule has 80 valence electrons. The van der Waals surface area contributed by atoms with Gasteiger partial charge < -0.3 is 4.74 Å². The van der Waals surface area contributed by atoms with Crippen molar-refractivity contribution in [3.63, 3.8) is 0 Å². The standard InChI is InChI=1S/C9H13F2NO2/c1-2-14-8(13)6-4-3-5-7(12-6)9(5,10)11/h5-7,12H,2-4H2,1H3/t5-,6-,7+/m0/s1. The van der Waals surface area contributed by atoms with E-state index >= 15 is 0 Å². The third-order valence-corrected chi connectivity index (χ3v) is 2.92. The summed E-state index contributed by atoms with van der Waals surface area (Å²) in [6, 6.07) is -1.34. The molecule has 1 heterocycles. The van der Waals surface area contributed by atoms with Crippen molar-refractivity contribution in [1.29, 1.82) is 0 Å². The second kappa shape index (κ2) is 3.15. The summed E-state index contributed by atoms with van der Waals surface area (Å²) in [6.07, 6.45) is 0.865. The first-order valence-corrected chi connectivity index (χ1v) is 4.88. The first-order chi connectivity index (χ1) is 6.57. The zero-order valence-electron chi connectivity index (χ0n) is 7.93. The van der Waals surface area contributed by atoms with Gasteiger partial charge in [0.25, 0.3) is 5.92 Å². The first-order valence-electron chi connectivity index (χ1n) is 4.88. The second-order valence-electron chi connectivity index (χ2n) is 3.81. The number of halogens is 2. The van der Waals surface area contributed by atoms with Crippen LogP contribution in [0.2, 0.25) is 0 Å². The van der Waals surface area contributed by atoms with Crippen LogP contribution >= 0.6 is 0 Å². The lowest BCUT2D eigenvalue weighted by Crippen LogP contribution is -2.43. The van der Waals surface area contributed by atoms with E-state index < -0.39 is 29.9 Å². The lowest BCUT2D eigenvalue weighted by atomic mass is 10.1. The molecule has 0 bridgehead atoms. The van der Waals surface area contributed by atoms with E-state index in [1.165, 1.54) is 0 Å². The number of carbonyl (C=O) groups excluding carboxylic acids is 1. The quantitative estimate of drug-likeness (QED) is 0.682. The summed E-state index contributed by atoms with van der Waals surface area (Å²) in [6.45, 7) is 2.00. The minimum atomic E-state index is -2.61. The van der Waals surface area contributed by atoms with Gasteiger partial charge in [-0.3, -0.25) is 10.1 Å². The van der Waals surface area contributed by atoms with E-state index in [2.05, 4.69) is 5.32 Å². The predicted octanol–water partition coefficient (Wildman–Crippen LogP) is 0.935.